The second-order valence-corrected chi connectivity index (χ2v) is 6.48. The molecule has 0 saturated heterocycles. The van der Waals surface area contributed by atoms with Gasteiger partial charge in [0.15, 0.2) is 5.82 Å². The fourth-order valence-corrected chi connectivity index (χ4v) is 3.23. The van der Waals surface area contributed by atoms with Gasteiger partial charge in [0.05, 0.1) is 23.9 Å². The predicted molar refractivity (Wildman–Crippen MR) is 108 cm³/mol. The maximum Gasteiger partial charge on any atom is 0.257 e. The van der Waals surface area contributed by atoms with Gasteiger partial charge in [-0.15, -0.1) is 0 Å². The molecule has 1 amide bonds. The van der Waals surface area contributed by atoms with E-state index in [1.54, 1.807) is 20.1 Å². The van der Waals surface area contributed by atoms with Crippen LogP contribution in [0.25, 0.3) is 22.2 Å². The van der Waals surface area contributed by atoms with Gasteiger partial charge in [0.25, 0.3) is 5.91 Å². The molecule has 0 aliphatic carbocycles. The molecule has 4 rings (SSSR count). The highest BCUT2D eigenvalue weighted by atomic mass is 16.5. The van der Waals surface area contributed by atoms with Crippen LogP contribution >= 0.6 is 0 Å². The summed E-state index contributed by atoms with van der Waals surface area (Å²) >= 11 is 0. The zero-order chi connectivity index (χ0) is 19.7. The number of nitrogens with one attached hydrogen (secondary N) is 1. The largest absolute Gasteiger partial charge is 0.497 e. The van der Waals surface area contributed by atoms with Crippen molar-refractivity contribution in [3.8, 4) is 17.0 Å². The third-order valence-corrected chi connectivity index (χ3v) is 4.60. The zero-order valence-corrected chi connectivity index (χ0v) is 15.8. The summed E-state index contributed by atoms with van der Waals surface area (Å²) in [5.41, 5.74) is 3.78. The maximum atomic E-state index is 13.1. The van der Waals surface area contributed by atoms with E-state index in [1.807, 2.05) is 55.5 Å². The van der Waals surface area contributed by atoms with E-state index >= 15 is 0 Å². The summed E-state index contributed by atoms with van der Waals surface area (Å²) in [6, 6.07) is 16.9. The van der Waals surface area contributed by atoms with Crippen LogP contribution in [-0.4, -0.2) is 23.2 Å². The molecule has 1 N–H and O–H groups in total. The van der Waals surface area contributed by atoms with E-state index in [4.69, 9.17) is 14.2 Å². The minimum absolute atomic E-state index is 0.251. The number of ether oxygens (including phenoxy) is 1. The monoisotopic (exact) mass is 373 g/mol. The summed E-state index contributed by atoms with van der Waals surface area (Å²) in [7, 11) is 1.63. The molecular formula is C22H19N3O3. The summed E-state index contributed by atoms with van der Waals surface area (Å²) in [5.74, 6) is 1.53. The zero-order valence-electron chi connectivity index (χ0n) is 15.8. The van der Waals surface area contributed by atoms with Crippen LogP contribution in [0.1, 0.15) is 21.7 Å². The highest BCUT2D eigenvalue weighted by Gasteiger charge is 2.20. The number of pyridine rings is 1. The number of para-hydroxylation sites is 1. The van der Waals surface area contributed by atoms with Crippen molar-refractivity contribution in [2.24, 2.45) is 0 Å². The lowest BCUT2D eigenvalue weighted by Crippen LogP contribution is -2.15. The molecule has 0 aliphatic heterocycles. The second kappa shape index (κ2) is 7.15. The second-order valence-electron chi connectivity index (χ2n) is 6.48. The molecule has 0 fully saturated rings. The summed E-state index contributed by atoms with van der Waals surface area (Å²) in [4.78, 5) is 17.9. The van der Waals surface area contributed by atoms with Crippen molar-refractivity contribution in [2.75, 3.05) is 12.4 Å². The quantitative estimate of drug-likeness (QED) is 0.558. The first-order valence-corrected chi connectivity index (χ1v) is 8.85. The summed E-state index contributed by atoms with van der Waals surface area (Å²) in [6.07, 6.45) is 0. The van der Waals surface area contributed by atoms with Gasteiger partial charge in [-0.25, -0.2) is 4.98 Å². The smallest absolute Gasteiger partial charge is 0.257 e. The summed E-state index contributed by atoms with van der Waals surface area (Å²) < 4.78 is 10.3. The number of aryl methyl sites for hydroxylation is 1. The van der Waals surface area contributed by atoms with Crippen LogP contribution in [0.3, 0.4) is 0 Å². The van der Waals surface area contributed by atoms with E-state index in [2.05, 4.69) is 10.5 Å². The van der Waals surface area contributed by atoms with Gasteiger partial charge in [0.2, 0.25) is 0 Å². The fraction of sp³-hybridized carbons (Fsp3) is 0.136. The number of amides is 1. The van der Waals surface area contributed by atoms with E-state index in [-0.39, 0.29) is 5.91 Å². The van der Waals surface area contributed by atoms with E-state index in [1.165, 1.54) is 0 Å². The van der Waals surface area contributed by atoms with Crippen molar-refractivity contribution in [1.29, 1.82) is 0 Å². The first-order valence-electron chi connectivity index (χ1n) is 8.85. The molecule has 6 heteroatoms. The minimum atomic E-state index is -0.251. The average molecular weight is 373 g/mol. The Hall–Kier alpha value is -3.67. The number of nitrogens with zero attached hydrogens (tertiary/aromatic N) is 2. The molecule has 2 aromatic heterocycles. The lowest BCUT2D eigenvalue weighted by Gasteiger charge is -2.14. The Morgan fingerprint density at radius 2 is 1.82 bits per heavy atom. The molecule has 0 bridgehead atoms. The SMILES string of the molecule is COc1ccc(-c2nc3ccccc3c(C(=O)Nc3cc(C)on3)c2C)cc1. The van der Waals surface area contributed by atoms with E-state index < -0.39 is 0 Å². The molecule has 0 radical (unpaired) electrons. The molecule has 4 aromatic rings. The Kier molecular flexibility index (Phi) is 4.53. The highest BCUT2D eigenvalue weighted by molar-refractivity contribution is 6.14. The summed E-state index contributed by atoms with van der Waals surface area (Å²) in [5, 5.41) is 7.46. The Morgan fingerprint density at radius 3 is 2.50 bits per heavy atom. The van der Waals surface area contributed by atoms with E-state index in [9.17, 15) is 4.79 Å². The van der Waals surface area contributed by atoms with Crippen LogP contribution in [0.15, 0.2) is 59.1 Å². The first-order chi connectivity index (χ1) is 13.6. The van der Waals surface area contributed by atoms with Gasteiger partial charge in [0.1, 0.15) is 11.5 Å². The molecule has 6 nitrogen and oxygen atoms in total. The number of aromatic nitrogens is 2. The molecule has 0 atom stereocenters. The summed E-state index contributed by atoms with van der Waals surface area (Å²) in [6.45, 7) is 3.68. The molecule has 0 aliphatic rings. The van der Waals surface area contributed by atoms with Crippen molar-refractivity contribution in [2.45, 2.75) is 13.8 Å². The highest BCUT2D eigenvalue weighted by Crippen LogP contribution is 2.31. The van der Waals surface area contributed by atoms with Crippen LogP contribution in [0.2, 0.25) is 0 Å². The van der Waals surface area contributed by atoms with Gasteiger partial charge in [-0.05, 0) is 49.7 Å². The van der Waals surface area contributed by atoms with Crippen molar-refractivity contribution in [3.05, 3.63) is 71.5 Å². The Morgan fingerprint density at radius 1 is 1.07 bits per heavy atom. The van der Waals surface area contributed by atoms with Crippen molar-refractivity contribution < 1.29 is 14.1 Å². The minimum Gasteiger partial charge on any atom is -0.497 e. The van der Waals surface area contributed by atoms with Gasteiger partial charge >= 0.3 is 0 Å². The molecule has 0 spiro atoms. The Labute approximate surface area is 162 Å². The van der Waals surface area contributed by atoms with Crippen LogP contribution in [0.5, 0.6) is 5.75 Å². The van der Waals surface area contributed by atoms with E-state index in [0.29, 0.717) is 17.1 Å². The topological polar surface area (TPSA) is 77.2 Å². The number of methoxy groups -OCH3 is 1. The van der Waals surface area contributed by atoms with Crippen molar-refractivity contribution in [3.63, 3.8) is 0 Å². The van der Waals surface area contributed by atoms with Gasteiger partial charge in [-0.1, -0.05) is 23.4 Å². The standard InChI is InChI=1S/C22H19N3O3/c1-13-12-19(25-28-13)24-22(26)20-14(2)21(15-8-10-16(27-3)11-9-15)23-18-7-5-4-6-17(18)20/h4-12H,1-3H3,(H,24,25,26). The third kappa shape index (κ3) is 3.20. The molecule has 140 valence electrons. The van der Waals surface area contributed by atoms with Gasteiger partial charge < -0.3 is 14.6 Å². The van der Waals surface area contributed by atoms with Crippen LogP contribution in [0.4, 0.5) is 5.82 Å². The van der Waals surface area contributed by atoms with Crippen LogP contribution in [-0.2, 0) is 0 Å². The third-order valence-electron chi connectivity index (χ3n) is 4.60. The van der Waals surface area contributed by atoms with Gasteiger partial charge in [0, 0.05) is 17.0 Å². The van der Waals surface area contributed by atoms with E-state index in [0.717, 1.165) is 33.5 Å². The number of hydrogen-bond acceptors (Lipinski definition) is 5. The molecule has 2 heterocycles. The number of rotatable bonds is 4. The molecular weight excluding hydrogens is 354 g/mol. The normalized spacial score (nSPS) is 10.8. The lowest BCUT2D eigenvalue weighted by molar-refractivity contribution is 0.102. The Balaban J connectivity index is 1.86. The molecule has 28 heavy (non-hydrogen) atoms. The number of carbonyl (C=O) groups excluding carboxylic acids is 1. The number of carbonyl (C=O) groups is 1. The van der Waals surface area contributed by atoms with Crippen LogP contribution in [0, 0.1) is 13.8 Å². The first kappa shape index (κ1) is 17.7. The number of benzene rings is 2. The van der Waals surface area contributed by atoms with Gasteiger partial charge in [-0.2, -0.15) is 0 Å². The molecule has 0 saturated carbocycles. The Bertz CT molecular complexity index is 1160. The van der Waals surface area contributed by atoms with Gasteiger partial charge in [-0.3, -0.25) is 4.79 Å². The molecule has 2 aromatic carbocycles. The number of anilines is 1. The number of hydrogen-bond donors (Lipinski definition) is 1. The predicted octanol–water partition coefficient (Wildman–Crippen LogP) is 4.77. The average Bonchev–Trinajstić information content (AvgIpc) is 3.12. The van der Waals surface area contributed by atoms with Crippen molar-refractivity contribution in [1.82, 2.24) is 10.1 Å². The lowest BCUT2D eigenvalue weighted by atomic mass is 9.97. The fourth-order valence-electron chi connectivity index (χ4n) is 3.23. The van der Waals surface area contributed by atoms with Crippen molar-refractivity contribution >= 4 is 22.6 Å². The maximum absolute atomic E-state index is 13.1. The number of fused-ring (bicyclic) bond motifs is 1. The molecule has 0 unspecified atom stereocenters. The van der Waals surface area contributed by atoms with Crippen LogP contribution < -0.4 is 10.1 Å².